The van der Waals surface area contributed by atoms with E-state index in [9.17, 15) is 43.2 Å². The number of aliphatic hydroxyl groups excluding tert-OH is 1. The summed E-state index contributed by atoms with van der Waals surface area (Å²) in [5.41, 5.74) is 0. The summed E-state index contributed by atoms with van der Waals surface area (Å²) in [7, 11) is -9.92. The molecule has 0 aromatic rings. The van der Waals surface area contributed by atoms with Gasteiger partial charge in [0.2, 0.25) is 0 Å². The van der Waals surface area contributed by atoms with Crippen LogP contribution < -0.4 is 0 Å². The standard InChI is InChI=1S/C83H162O17P2/c1-9-76(8)62-54-46-38-32-34-42-50-58-66-83(88)100-79(70-94-81(86)64-56-48-40-33-31-37-45-53-61-75(6)7)72-98-102(91,92)96-68-77(84)67-95-101(89,90)97-71-78(69-93-80(85)63-55-47-39-29-25-21-18-14-16-20-24-28-36-44-52-60-74(4)5)99-82(87)65-57-49-41-30-26-22-17-13-11-10-12-15-19-23-27-35-43-51-59-73(2)3/h73-79,84H,9-72H2,1-8H3,(H,89,90)(H,91,92)/t76?,77?,78-,79-/m1/s1. The monoisotopic (exact) mass is 1490 g/mol. The molecule has 0 radical (unpaired) electrons. The van der Waals surface area contributed by atoms with Crippen molar-refractivity contribution in [1.82, 2.24) is 0 Å². The van der Waals surface area contributed by atoms with Crippen LogP contribution in [0.4, 0.5) is 0 Å². The van der Waals surface area contributed by atoms with Crippen LogP contribution in [0.5, 0.6) is 0 Å². The maximum absolute atomic E-state index is 13.1. The van der Waals surface area contributed by atoms with Crippen molar-refractivity contribution in [2.45, 2.75) is 446 Å². The Balaban J connectivity index is 5.23. The minimum Gasteiger partial charge on any atom is -0.462 e. The van der Waals surface area contributed by atoms with Gasteiger partial charge in [-0.15, -0.1) is 0 Å². The molecule has 102 heavy (non-hydrogen) atoms. The predicted octanol–water partition coefficient (Wildman–Crippen LogP) is 24.8. The van der Waals surface area contributed by atoms with Crippen LogP contribution in [-0.4, -0.2) is 96.7 Å². The van der Waals surface area contributed by atoms with Crippen molar-refractivity contribution in [1.29, 1.82) is 0 Å². The van der Waals surface area contributed by atoms with E-state index in [-0.39, 0.29) is 25.7 Å². The van der Waals surface area contributed by atoms with Crippen molar-refractivity contribution in [3.8, 4) is 0 Å². The first-order valence-corrected chi connectivity index (χ1v) is 45.7. The first-order chi connectivity index (χ1) is 49.1. The van der Waals surface area contributed by atoms with Crippen LogP contribution in [0.1, 0.15) is 428 Å². The van der Waals surface area contributed by atoms with Gasteiger partial charge >= 0.3 is 39.5 Å². The summed E-state index contributed by atoms with van der Waals surface area (Å²) in [5, 5.41) is 10.7. The summed E-state index contributed by atoms with van der Waals surface area (Å²) in [4.78, 5) is 73.1. The van der Waals surface area contributed by atoms with Crippen LogP contribution in [0.15, 0.2) is 0 Å². The number of carbonyl (C=O) groups is 4. The third kappa shape index (κ3) is 74.9. The van der Waals surface area contributed by atoms with Crippen molar-refractivity contribution in [3.05, 3.63) is 0 Å². The van der Waals surface area contributed by atoms with E-state index in [1.54, 1.807) is 0 Å². The topological polar surface area (TPSA) is 237 Å². The molecule has 0 saturated carbocycles. The Hall–Kier alpha value is -1.94. The maximum Gasteiger partial charge on any atom is 0.472 e. The lowest BCUT2D eigenvalue weighted by molar-refractivity contribution is -0.161. The number of ether oxygens (including phenoxy) is 4. The van der Waals surface area contributed by atoms with Crippen molar-refractivity contribution >= 4 is 39.5 Å². The van der Waals surface area contributed by atoms with Crippen molar-refractivity contribution in [3.63, 3.8) is 0 Å². The molecule has 606 valence electrons. The molecule has 4 unspecified atom stereocenters. The van der Waals surface area contributed by atoms with Crippen LogP contribution in [0.25, 0.3) is 0 Å². The minimum absolute atomic E-state index is 0.104. The molecule has 0 heterocycles. The van der Waals surface area contributed by atoms with E-state index in [1.165, 1.54) is 231 Å². The smallest absolute Gasteiger partial charge is 0.462 e. The highest BCUT2D eigenvalue weighted by molar-refractivity contribution is 7.47. The largest absolute Gasteiger partial charge is 0.472 e. The van der Waals surface area contributed by atoms with Crippen LogP contribution >= 0.6 is 15.6 Å². The highest BCUT2D eigenvalue weighted by Gasteiger charge is 2.30. The molecule has 0 rings (SSSR count). The fraction of sp³-hybridized carbons (Fsp3) is 0.952. The van der Waals surface area contributed by atoms with Crippen molar-refractivity contribution < 1.29 is 80.2 Å². The second-order valence-corrected chi connectivity index (χ2v) is 34.4. The van der Waals surface area contributed by atoms with Gasteiger partial charge in [-0.25, -0.2) is 9.13 Å². The second kappa shape index (κ2) is 72.0. The summed E-state index contributed by atoms with van der Waals surface area (Å²) < 4.78 is 68.8. The number of esters is 4. The molecule has 6 atom stereocenters. The average Bonchev–Trinajstić information content (AvgIpc) is 0.914. The lowest BCUT2D eigenvalue weighted by Gasteiger charge is -2.21. The summed E-state index contributed by atoms with van der Waals surface area (Å²) in [6, 6.07) is 0. The zero-order valence-corrected chi connectivity index (χ0v) is 69.0. The predicted molar refractivity (Wildman–Crippen MR) is 418 cm³/mol. The molecule has 17 nitrogen and oxygen atoms in total. The molecule has 0 aromatic carbocycles. The molecular formula is C83H162O17P2. The van der Waals surface area contributed by atoms with Gasteiger partial charge < -0.3 is 33.8 Å². The Kier molecular flexibility index (Phi) is 70.6. The Morgan fingerprint density at radius 3 is 0.696 bits per heavy atom. The summed E-state index contributed by atoms with van der Waals surface area (Å²) >= 11 is 0. The van der Waals surface area contributed by atoms with E-state index in [2.05, 4.69) is 55.4 Å². The minimum atomic E-state index is -4.96. The molecule has 0 bridgehead atoms. The van der Waals surface area contributed by atoms with E-state index >= 15 is 0 Å². The van der Waals surface area contributed by atoms with Crippen LogP contribution in [-0.2, 0) is 65.4 Å². The number of carbonyl (C=O) groups excluding carboxylic acids is 4. The quantitative estimate of drug-likeness (QED) is 0.0222. The van der Waals surface area contributed by atoms with Gasteiger partial charge in [0.25, 0.3) is 0 Å². The molecule has 0 aliphatic heterocycles. The average molecular weight is 1490 g/mol. The van der Waals surface area contributed by atoms with Gasteiger partial charge in [0, 0.05) is 25.7 Å². The van der Waals surface area contributed by atoms with E-state index in [0.29, 0.717) is 25.7 Å². The normalized spacial score (nSPS) is 14.3. The van der Waals surface area contributed by atoms with Gasteiger partial charge in [-0.05, 0) is 49.4 Å². The zero-order valence-electron chi connectivity index (χ0n) is 67.2. The number of phosphoric ester groups is 2. The SMILES string of the molecule is CCC(C)CCCCCCCCCCC(=O)O[C@H](COC(=O)CCCCCCCCCCC(C)C)COP(=O)(O)OCC(O)COP(=O)(O)OC[C@@H](COC(=O)CCCCCCCCCCCCCCCCCC(C)C)OC(=O)CCCCCCCCCCCCCCCCCCCCC(C)C. The van der Waals surface area contributed by atoms with E-state index < -0.39 is 97.5 Å². The highest BCUT2D eigenvalue weighted by atomic mass is 31.2. The molecule has 0 saturated heterocycles. The van der Waals surface area contributed by atoms with Gasteiger partial charge in [-0.2, -0.15) is 0 Å². The maximum atomic E-state index is 13.1. The first-order valence-electron chi connectivity index (χ1n) is 42.7. The van der Waals surface area contributed by atoms with Gasteiger partial charge in [-0.3, -0.25) is 37.3 Å². The molecule has 0 aromatic heterocycles. The van der Waals surface area contributed by atoms with Gasteiger partial charge in [-0.1, -0.05) is 376 Å². The number of unbranched alkanes of at least 4 members (excludes halogenated alkanes) is 45. The zero-order chi connectivity index (χ0) is 75.3. The Labute approximate surface area is 626 Å². The number of rotatable bonds is 80. The molecular weight excluding hydrogens is 1330 g/mol. The Morgan fingerprint density at radius 1 is 0.275 bits per heavy atom. The lowest BCUT2D eigenvalue weighted by atomic mass is 9.99. The van der Waals surface area contributed by atoms with E-state index in [0.717, 1.165) is 114 Å². The van der Waals surface area contributed by atoms with Gasteiger partial charge in [0.1, 0.15) is 19.3 Å². The van der Waals surface area contributed by atoms with Crippen molar-refractivity contribution in [2.75, 3.05) is 39.6 Å². The summed E-state index contributed by atoms with van der Waals surface area (Å²) in [6.45, 7) is 14.3. The van der Waals surface area contributed by atoms with Crippen molar-refractivity contribution in [2.24, 2.45) is 23.7 Å². The van der Waals surface area contributed by atoms with E-state index in [1.807, 2.05) is 0 Å². The fourth-order valence-electron chi connectivity index (χ4n) is 12.8. The van der Waals surface area contributed by atoms with Crippen LogP contribution in [0.3, 0.4) is 0 Å². The summed E-state index contributed by atoms with van der Waals surface area (Å²) in [5.74, 6) is 1.01. The second-order valence-electron chi connectivity index (χ2n) is 31.5. The van der Waals surface area contributed by atoms with Gasteiger partial charge in [0.05, 0.1) is 26.4 Å². The number of aliphatic hydroxyl groups is 1. The third-order valence-electron chi connectivity index (χ3n) is 19.7. The molecule has 19 heteroatoms. The molecule has 0 amide bonds. The third-order valence-corrected chi connectivity index (χ3v) is 21.6. The number of phosphoric acid groups is 2. The van der Waals surface area contributed by atoms with Crippen LogP contribution in [0.2, 0.25) is 0 Å². The highest BCUT2D eigenvalue weighted by Crippen LogP contribution is 2.45. The molecule has 0 aliphatic rings. The van der Waals surface area contributed by atoms with E-state index in [4.69, 9.17) is 37.0 Å². The Bertz CT molecular complexity index is 1990. The molecule has 0 spiro atoms. The molecule has 0 aliphatic carbocycles. The fourth-order valence-corrected chi connectivity index (χ4v) is 14.3. The Morgan fingerprint density at radius 2 is 0.471 bits per heavy atom. The van der Waals surface area contributed by atoms with Crippen LogP contribution in [0, 0.1) is 23.7 Å². The summed E-state index contributed by atoms with van der Waals surface area (Å²) in [6.07, 6.45) is 59.8. The first kappa shape index (κ1) is 100. The van der Waals surface area contributed by atoms with Gasteiger partial charge in [0.15, 0.2) is 12.2 Å². The molecule has 3 N–H and O–H groups in total. The number of hydrogen-bond acceptors (Lipinski definition) is 15. The number of hydrogen-bond donors (Lipinski definition) is 3. The molecule has 0 fully saturated rings. The lowest BCUT2D eigenvalue weighted by Crippen LogP contribution is -2.30.